The molecule has 0 saturated carbocycles. The van der Waals surface area contributed by atoms with Crippen LogP contribution in [0.5, 0.6) is 11.5 Å². The Morgan fingerprint density at radius 3 is 2.33 bits per heavy atom. The molecule has 3 rings (SSSR count). The highest BCUT2D eigenvalue weighted by molar-refractivity contribution is 7.08. The van der Waals surface area contributed by atoms with E-state index in [0.29, 0.717) is 23.7 Å². The Morgan fingerprint density at radius 1 is 0.889 bits per heavy atom. The van der Waals surface area contributed by atoms with E-state index in [1.165, 1.54) is 0 Å². The van der Waals surface area contributed by atoms with Crippen molar-refractivity contribution in [1.29, 1.82) is 0 Å². The van der Waals surface area contributed by atoms with Crippen molar-refractivity contribution < 1.29 is 9.47 Å². The van der Waals surface area contributed by atoms with Gasteiger partial charge in [-0.05, 0) is 52.2 Å². The van der Waals surface area contributed by atoms with Gasteiger partial charge in [-0.25, -0.2) is 0 Å². The number of methoxy groups -OCH3 is 2. The lowest BCUT2D eigenvalue weighted by atomic mass is 10.0. The molecule has 146 valence electrons. The summed E-state index contributed by atoms with van der Waals surface area (Å²) in [4.78, 5) is 0. The van der Waals surface area contributed by atoms with Gasteiger partial charge in [-0.1, -0.05) is 0 Å². The summed E-state index contributed by atoms with van der Waals surface area (Å²) in [6.07, 6.45) is 0. The first kappa shape index (κ1) is 22.8. The van der Waals surface area contributed by atoms with E-state index in [0.717, 1.165) is 28.1 Å². The second kappa shape index (κ2) is 10.2. The molecule has 0 fully saturated rings. The number of halogens is 2. The molecule has 8 heteroatoms. The van der Waals surface area contributed by atoms with Crippen LogP contribution in [-0.4, -0.2) is 14.2 Å². The molecule has 0 aliphatic rings. The zero-order valence-electron chi connectivity index (χ0n) is 15.0. The highest BCUT2D eigenvalue weighted by atomic mass is 35.5. The van der Waals surface area contributed by atoms with Crippen molar-refractivity contribution in [2.45, 2.75) is 6.54 Å². The number of nitrogens with one attached hydrogen (secondary N) is 1. The minimum atomic E-state index is 0. The number of ether oxygens (including phenoxy) is 2. The first-order valence-corrected chi connectivity index (χ1v) is 8.73. The number of benzene rings is 2. The Bertz CT molecular complexity index is 887. The average molecular weight is 428 g/mol. The molecule has 0 atom stereocenters. The highest BCUT2D eigenvalue weighted by Gasteiger charge is 2.11. The number of nitrogen functional groups attached to an aromatic ring is 2. The van der Waals surface area contributed by atoms with E-state index >= 15 is 0 Å². The monoisotopic (exact) mass is 427 g/mol. The lowest BCUT2D eigenvalue weighted by molar-refractivity contribution is 0.355. The van der Waals surface area contributed by atoms with Crippen LogP contribution in [0.2, 0.25) is 0 Å². The third-order valence-corrected chi connectivity index (χ3v) is 4.77. The summed E-state index contributed by atoms with van der Waals surface area (Å²) in [5.41, 5.74) is 17.6. The second-order valence-corrected chi connectivity index (χ2v) is 6.32. The quantitative estimate of drug-likeness (QED) is 0.479. The largest absolute Gasteiger partial charge is 0.493 e. The predicted octanol–water partition coefficient (Wildman–Crippen LogP) is 5.05. The van der Waals surface area contributed by atoms with Crippen molar-refractivity contribution in [1.82, 2.24) is 0 Å². The fourth-order valence-corrected chi connectivity index (χ4v) is 3.50. The summed E-state index contributed by atoms with van der Waals surface area (Å²) in [6.45, 7) is 0.669. The molecule has 0 saturated heterocycles. The van der Waals surface area contributed by atoms with E-state index in [9.17, 15) is 0 Å². The van der Waals surface area contributed by atoms with Gasteiger partial charge in [-0.15, -0.1) is 24.8 Å². The van der Waals surface area contributed by atoms with Crippen LogP contribution in [0, 0.1) is 0 Å². The van der Waals surface area contributed by atoms with Gasteiger partial charge in [-0.2, -0.15) is 11.3 Å². The molecule has 0 aliphatic carbocycles. The Labute approximate surface area is 175 Å². The van der Waals surface area contributed by atoms with Crippen molar-refractivity contribution in [3.63, 3.8) is 0 Å². The van der Waals surface area contributed by atoms with Gasteiger partial charge < -0.3 is 26.3 Å². The van der Waals surface area contributed by atoms with Crippen LogP contribution in [-0.2, 0) is 6.54 Å². The first-order chi connectivity index (χ1) is 12.1. The predicted molar refractivity (Wildman–Crippen MR) is 120 cm³/mol. The van der Waals surface area contributed by atoms with Gasteiger partial charge in [0.2, 0.25) is 0 Å². The molecule has 0 aliphatic heterocycles. The van der Waals surface area contributed by atoms with E-state index in [-0.39, 0.29) is 24.8 Å². The number of thiophene rings is 1. The molecular weight excluding hydrogens is 405 g/mol. The fourth-order valence-electron chi connectivity index (χ4n) is 2.65. The number of hydrogen-bond acceptors (Lipinski definition) is 6. The summed E-state index contributed by atoms with van der Waals surface area (Å²) in [7, 11) is 3.25. The van der Waals surface area contributed by atoms with Gasteiger partial charge in [0.25, 0.3) is 0 Å². The van der Waals surface area contributed by atoms with Gasteiger partial charge in [0.15, 0.2) is 11.5 Å². The second-order valence-electron chi connectivity index (χ2n) is 5.58. The van der Waals surface area contributed by atoms with Crippen LogP contribution in [0.25, 0.3) is 11.1 Å². The molecule has 5 nitrogen and oxygen atoms in total. The van der Waals surface area contributed by atoms with Crippen LogP contribution >= 0.6 is 36.2 Å². The minimum Gasteiger partial charge on any atom is -0.493 e. The third-order valence-electron chi connectivity index (χ3n) is 3.98. The van der Waals surface area contributed by atoms with Crippen molar-refractivity contribution in [2.24, 2.45) is 0 Å². The summed E-state index contributed by atoms with van der Waals surface area (Å²) < 4.78 is 10.6. The maximum atomic E-state index is 6.12. The van der Waals surface area contributed by atoms with Crippen molar-refractivity contribution in [3.8, 4) is 22.6 Å². The maximum Gasteiger partial charge on any atom is 0.162 e. The van der Waals surface area contributed by atoms with Crippen LogP contribution < -0.4 is 26.3 Å². The summed E-state index contributed by atoms with van der Waals surface area (Å²) in [6, 6.07) is 11.3. The zero-order valence-corrected chi connectivity index (χ0v) is 17.5. The minimum absolute atomic E-state index is 0. The van der Waals surface area contributed by atoms with Crippen molar-refractivity contribution in [2.75, 3.05) is 31.0 Å². The standard InChI is InChI=1S/C19H21N3O2S.2ClH/c1-23-18-6-4-14(8-19(18)24-2)22-9-12-10-25-11-16(12)15-7-13(20)3-5-17(15)21;;/h3-8,10-11,22H,9,20-21H2,1-2H3;2*1H. The van der Waals surface area contributed by atoms with Gasteiger partial charge in [0.1, 0.15) is 0 Å². The summed E-state index contributed by atoms with van der Waals surface area (Å²) >= 11 is 1.64. The number of anilines is 3. The van der Waals surface area contributed by atoms with Gasteiger partial charge in [0.05, 0.1) is 14.2 Å². The van der Waals surface area contributed by atoms with Gasteiger partial charge >= 0.3 is 0 Å². The lowest BCUT2D eigenvalue weighted by Gasteiger charge is -2.12. The van der Waals surface area contributed by atoms with Crippen LogP contribution in [0.3, 0.4) is 0 Å². The number of hydrogen-bond donors (Lipinski definition) is 3. The maximum absolute atomic E-state index is 6.12. The van der Waals surface area contributed by atoms with Crippen molar-refractivity contribution >= 4 is 53.2 Å². The molecule has 1 heterocycles. The molecule has 0 unspecified atom stereocenters. The number of nitrogens with two attached hydrogens (primary N) is 2. The molecule has 0 amide bonds. The van der Waals surface area contributed by atoms with Crippen LogP contribution in [0.4, 0.5) is 17.1 Å². The molecule has 5 N–H and O–H groups in total. The van der Waals surface area contributed by atoms with E-state index in [1.54, 1.807) is 25.6 Å². The molecule has 0 radical (unpaired) electrons. The number of rotatable bonds is 6. The highest BCUT2D eigenvalue weighted by Crippen LogP contribution is 2.34. The zero-order chi connectivity index (χ0) is 17.8. The van der Waals surface area contributed by atoms with Crippen LogP contribution in [0.15, 0.2) is 47.2 Å². The molecule has 0 spiro atoms. The SMILES string of the molecule is COc1ccc(NCc2cscc2-c2cc(N)ccc2N)cc1OC.Cl.Cl. The Hall–Kier alpha value is -2.28. The van der Waals surface area contributed by atoms with E-state index in [2.05, 4.69) is 16.1 Å². The molecule has 27 heavy (non-hydrogen) atoms. The molecule has 2 aromatic carbocycles. The Balaban J connectivity index is 0.00000182. The molecule has 1 aromatic heterocycles. The van der Waals surface area contributed by atoms with Gasteiger partial charge in [0, 0.05) is 35.2 Å². The first-order valence-electron chi connectivity index (χ1n) is 7.78. The summed E-state index contributed by atoms with van der Waals surface area (Å²) in [5.74, 6) is 1.40. The molecular formula is C19H23Cl2N3O2S. The fraction of sp³-hybridized carbons (Fsp3) is 0.158. The topological polar surface area (TPSA) is 82.5 Å². The van der Waals surface area contributed by atoms with E-state index in [4.69, 9.17) is 20.9 Å². The molecule has 3 aromatic rings. The van der Waals surface area contributed by atoms with E-state index < -0.39 is 0 Å². The Morgan fingerprint density at radius 2 is 1.63 bits per heavy atom. The normalized spacial score (nSPS) is 9.70. The average Bonchev–Trinajstić information content (AvgIpc) is 3.10. The Kier molecular flexibility index (Phi) is 8.56. The van der Waals surface area contributed by atoms with Gasteiger partial charge in [-0.3, -0.25) is 0 Å². The summed E-state index contributed by atoms with van der Waals surface area (Å²) in [5, 5.41) is 7.63. The van der Waals surface area contributed by atoms with Crippen LogP contribution in [0.1, 0.15) is 5.56 Å². The lowest BCUT2D eigenvalue weighted by Crippen LogP contribution is -2.01. The van der Waals surface area contributed by atoms with Crippen molar-refractivity contribution in [3.05, 3.63) is 52.7 Å². The third kappa shape index (κ3) is 5.13. The van der Waals surface area contributed by atoms with E-state index in [1.807, 2.05) is 36.4 Å². The molecule has 0 bridgehead atoms. The smallest absolute Gasteiger partial charge is 0.162 e.